The van der Waals surface area contributed by atoms with Crippen LogP contribution in [0, 0.1) is 12.3 Å². The first-order valence-corrected chi connectivity index (χ1v) is 12.7. The minimum Gasteiger partial charge on any atom is -0.369 e. The van der Waals surface area contributed by atoms with Crippen LogP contribution in [0.15, 0.2) is 42.6 Å². The molecule has 1 fully saturated rings. The average molecular weight is 497 g/mol. The van der Waals surface area contributed by atoms with Crippen molar-refractivity contribution in [3.8, 4) is 12.3 Å². The van der Waals surface area contributed by atoms with Gasteiger partial charge in [-0.15, -0.1) is 6.42 Å². The molecule has 2 aromatic heterocycles. The number of carbonyl (C=O) groups is 1. The van der Waals surface area contributed by atoms with E-state index in [1.54, 1.807) is 0 Å². The maximum atomic E-state index is 12.8. The van der Waals surface area contributed by atoms with Gasteiger partial charge in [0.15, 0.2) is 0 Å². The second-order valence-corrected chi connectivity index (χ2v) is 9.61. The lowest BCUT2D eigenvalue weighted by Crippen LogP contribution is -2.44. The van der Waals surface area contributed by atoms with Crippen molar-refractivity contribution in [2.24, 2.45) is 0 Å². The number of terminal acetylenes is 1. The molecule has 190 valence electrons. The Kier molecular flexibility index (Phi) is 7.19. The molecule has 3 N–H and O–H groups in total. The lowest BCUT2D eigenvalue weighted by Gasteiger charge is -2.34. The second-order valence-electron chi connectivity index (χ2n) is 9.61. The number of nitrogens with zero attached hydrogens (tertiary/aromatic N) is 5. The number of rotatable bonds is 7. The molecular formula is C28H32N8O. The van der Waals surface area contributed by atoms with Crippen LogP contribution in [-0.2, 0) is 6.42 Å². The number of fused-ring (bicyclic) bond motifs is 1. The van der Waals surface area contributed by atoms with E-state index in [-0.39, 0.29) is 12.5 Å². The third kappa shape index (κ3) is 5.65. The van der Waals surface area contributed by atoms with Crippen molar-refractivity contribution < 1.29 is 4.79 Å². The summed E-state index contributed by atoms with van der Waals surface area (Å²) in [5, 5.41) is 9.18. The number of aryl methyl sites for hydroxylation is 1. The van der Waals surface area contributed by atoms with Gasteiger partial charge in [0, 0.05) is 49.4 Å². The summed E-state index contributed by atoms with van der Waals surface area (Å²) in [7, 11) is 2.15. The van der Waals surface area contributed by atoms with E-state index >= 15 is 0 Å². The lowest BCUT2D eigenvalue weighted by atomic mass is 10.1. The quantitative estimate of drug-likeness (QED) is 0.428. The number of aromatic nitrogens is 3. The number of carbonyl (C=O) groups excluding carboxylic acids is 1. The van der Waals surface area contributed by atoms with Gasteiger partial charge in [-0.05, 0) is 61.7 Å². The van der Waals surface area contributed by atoms with Crippen molar-refractivity contribution in [3.63, 3.8) is 0 Å². The van der Waals surface area contributed by atoms with Crippen LogP contribution in [0.1, 0.15) is 40.9 Å². The normalized spacial score (nSPS) is 17.1. The monoisotopic (exact) mass is 496 g/mol. The molecule has 1 unspecified atom stereocenters. The molecule has 37 heavy (non-hydrogen) atoms. The van der Waals surface area contributed by atoms with E-state index in [2.05, 4.69) is 73.8 Å². The van der Waals surface area contributed by atoms with Gasteiger partial charge in [0.2, 0.25) is 5.95 Å². The molecular weight excluding hydrogens is 464 g/mol. The summed E-state index contributed by atoms with van der Waals surface area (Å²) < 4.78 is 0. The zero-order chi connectivity index (χ0) is 25.8. The SMILES string of the molecule is C#CCNC(=O)c1cnc(Nc2ccc(N3CCN(C)CC3)cc2)nc1Nc1ccc2c(n1)C(C)CC2. The van der Waals surface area contributed by atoms with E-state index in [0.29, 0.717) is 29.1 Å². The van der Waals surface area contributed by atoms with Gasteiger partial charge in [0.05, 0.1) is 6.54 Å². The van der Waals surface area contributed by atoms with Crippen molar-refractivity contribution in [1.82, 2.24) is 25.2 Å². The molecule has 9 nitrogen and oxygen atoms in total. The molecule has 5 rings (SSSR count). The summed E-state index contributed by atoms with van der Waals surface area (Å²) in [5.74, 6) is 3.85. The molecule has 1 atom stereocenters. The molecule has 1 aromatic carbocycles. The number of likely N-dealkylation sites (N-methyl/N-ethyl adjacent to an activating group) is 1. The predicted molar refractivity (Wildman–Crippen MR) is 147 cm³/mol. The fraction of sp³-hybridized carbons (Fsp3) is 0.357. The highest BCUT2D eigenvalue weighted by Gasteiger charge is 2.21. The van der Waals surface area contributed by atoms with Crippen molar-refractivity contribution in [2.75, 3.05) is 55.3 Å². The minimum atomic E-state index is -0.349. The van der Waals surface area contributed by atoms with Crippen molar-refractivity contribution >= 4 is 34.9 Å². The number of hydrogen-bond acceptors (Lipinski definition) is 8. The molecule has 0 radical (unpaired) electrons. The molecule has 2 aliphatic rings. The van der Waals surface area contributed by atoms with Crippen molar-refractivity contribution in [3.05, 3.63) is 59.4 Å². The number of amides is 1. The number of benzene rings is 1. The number of hydrogen-bond donors (Lipinski definition) is 3. The van der Waals surface area contributed by atoms with Gasteiger partial charge in [-0.1, -0.05) is 18.9 Å². The van der Waals surface area contributed by atoms with Gasteiger partial charge in [-0.3, -0.25) is 4.79 Å². The van der Waals surface area contributed by atoms with E-state index in [0.717, 1.165) is 50.4 Å². The molecule has 1 aliphatic heterocycles. The Morgan fingerprint density at radius 3 is 2.62 bits per heavy atom. The average Bonchev–Trinajstić information content (AvgIpc) is 3.28. The third-order valence-corrected chi connectivity index (χ3v) is 6.95. The van der Waals surface area contributed by atoms with E-state index in [1.165, 1.54) is 17.4 Å². The number of pyridine rings is 1. The molecule has 1 aliphatic carbocycles. The van der Waals surface area contributed by atoms with Crippen molar-refractivity contribution in [2.45, 2.75) is 25.7 Å². The number of anilines is 5. The number of piperazine rings is 1. The lowest BCUT2D eigenvalue weighted by molar-refractivity contribution is 0.0959. The van der Waals surface area contributed by atoms with Crippen LogP contribution in [0.3, 0.4) is 0 Å². The van der Waals surface area contributed by atoms with Gasteiger partial charge in [-0.2, -0.15) is 4.98 Å². The van der Waals surface area contributed by atoms with Gasteiger partial charge < -0.3 is 25.8 Å². The van der Waals surface area contributed by atoms with Crippen LogP contribution >= 0.6 is 0 Å². The Bertz CT molecular complexity index is 1310. The first-order chi connectivity index (χ1) is 18.0. The van der Waals surface area contributed by atoms with Gasteiger partial charge >= 0.3 is 0 Å². The molecule has 0 bridgehead atoms. The van der Waals surface area contributed by atoms with Gasteiger partial charge in [0.1, 0.15) is 17.2 Å². The van der Waals surface area contributed by atoms with Crippen LogP contribution < -0.4 is 20.9 Å². The zero-order valence-electron chi connectivity index (χ0n) is 21.3. The topological polar surface area (TPSA) is 98.3 Å². The van der Waals surface area contributed by atoms with Crippen LogP contribution in [0.25, 0.3) is 0 Å². The van der Waals surface area contributed by atoms with E-state index in [4.69, 9.17) is 11.4 Å². The summed E-state index contributed by atoms with van der Waals surface area (Å²) in [6, 6.07) is 12.2. The molecule has 0 spiro atoms. The smallest absolute Gasteiger partial charge is 0.257 e. The number of nitrogens with one attached hydrogen (secondary N) is 3. The molecule has 0 saturated carbocycles. The Morgan fingerprint density at radius 2 is 1.86 bits per heavy atom. The maximum absolute atomic E-state index is 12.8. The minimum absolute atomic E-state index is 0.118. The fourth-order valence-electron chi connectivity index (χ4n) is 4.72. The van der Waals surface area contributed by atoms with Crippen LogP contribution in [-0.4, -0.2) is 65.5 Å². The highest BCUT2D eigenvalue weighted by molar-refractivity contribution is 5.99. The third-order valence-electron chi connectivity index (χ3n) is 6.95. The Balaban J connectivity index is 1.36. The largest absolute Gasteiger partial charge is 0.369 e. The molecule has 3 heterocycles. The van der Waals surface area contributed by atoms with E-state index in [9.17, 15) is 4.79 Å². The highest BCUT2D eigenvalue weighted by Crippen LogP contribution is 2.32. The maximum Gasteiger partial charge on any atom is 0.257 e. The Morgan fingerprint density at radius 1 is 1.08 bits per heavy atom. The molecule has 9 heteroatoms. The van der Waals surface area contributed by atoms with E-state index in [1.807, 2.05) is 18.2 Å². The fourth-order valence-corrected chi connectivity index (χ4v) is 4.72. The predicted octanol–water partition coefficient (Wildman–Crippen LogP) is 3.52. The molecule has 1 saturated heterocycles. The van der Waals surface area contributed by atoms with Gasteiger partial charge in [-0.25, -0.2) is 9.97 Å². The molecule has 1 amide bonds. The summed E-state index contributed by atoms with van der Waals surface area (Å²) >= 11 is 0. The standard InChI is InChI=1S/C28H32N8O/c1-4-13-29-27(37)23-18-30-28(31-21-8-10-22(11-9-21)36-16-14-35(3)15-17-36)34-26(23)33-24-12-7-20-6-5-19(2)25(20)32-24/h1,7-12,18-19H,5-6,13-17H2,2-3H3,(H,29,37)(H2,30,31,32,33,34). The van der Waals surface area contributed by atoms with Crippen LogP contribution in [0.4, 0.5) is 29.0 Å². The first kappa shape index (κ1) is 24.5. The van der Waals surface area contributed by atoms with Crippen LogP contribution in [0.5, 0.6) is 0 Å². The summed E-state index contributed by atoms with van der Waals surface area (Å²) in [5.41, 5.74) is 4.71. The Labute approximate surface area is 217 Å². The highest BCUT2D eigenvalue weighted by atomic mass is 16.1. The van der Waals surface area contributed by atoms with Gasteiger partial charge in [0.25, 0.3) is 5.91 Å². The van der Waals surface area contributed by atoms with E-state index < -0.39 is 0 Å². The summed E-state index contributed by atoms with van der Waals surface area (Å²) in [6.45, 7) is 6.45. The second kappa shape index (κ2) is 10.8. The summed E-state index contributed by atoms with van der Waals surface area (Å²) in [4.78, 5) is 31.3. The summed E-state index contributed by atoms with van der Waals surface area (Å²) in [6.07, 6.45) is 8.96. The first-order valence-electron chi connectivity index (χ1n) is 12.7. The zero-order valence-corrected chi connectivity index (χ0v) is 21.3. The molecule has 3 aromatic rings. The Hall–Kier alpha value is -4.16. The van der Waals surface area contributed by atoms with Crippen LogP contribution in [0.2, 0.25) is 0 Å². The van der Waals surface area contributed by atoms with Crippen molar-refractivity contribution in [1.29, 1.82) is 0 Å².